The molecule has 3 fully saturated rings. The van der Waals surface area contributed by atoms with Crippen molar-refractivity contribution in [1.82, 2.24) is 0 Å². The Labute approximate surface area is 155 Å². The Balaban J connectivity index is 1.61. The number of allylic oxidation sites excluding steroid dienone is 4. The molecule has 0 aromatic heterocycles. The first-order valence-electron chi connectivity index (χ1n) is 10.9. The van der Waals surface area contributed by atoms with Crippen LogP contribution < -0.4 is 0 Å². The van der Waals surface area contributed by atoms with Gasteiger partial charge < -0.3 is 0 Å². The summed E-state index contributed by atoms with van der Waals surface area (Å²) in [5.74, 6) is 4.64. The van der Waals surface area contributed by atoms with Crippen molar-refractivity contribution in [2.75, 3.05) is 0 Å². The van der Waals surface area contributed by atoms with Gasteiger partial charge in [-0.25, -0.2) is 0 Å². The van der Waals surface area contributed by atoms with Crippen LogP contribution in [0.4, 0.5) is 0 Å². The zero-order chi connectivity index (χ0) is 17.8. The Morgan fingerprint density at radius 2 is 1.92 bits per heavy atom. The lowest BCUT2D eigenvalue weighted by Crippen LogP contribution is -2.50. The third-order valence-electron chi connectivity index (χ3n) is 9.38. The first-order chi connectivity index (χ1) is 11.9. The summed E-state index contributed by atoms with van der Waals surface area (Å²) >= 11 is 0. The third kappa shape index (κ3) is 2.54. The molecule has 138 valence electrons. The van der Waals surface area contributed by atoms with Crippen LogP contribution in [0, 0.1) is 40.4 Å². The molecule has 0 heterocycles. The van der Waals surface area contributed by atoms with Gasteiger partial charge in [-0.05, 0) is 98.2 Å². The van der Waals surface area contributed by atoms with E-state index in [2.05, 4.69) is 46.1 Å². The van der Waals surface area contributed by atoms with E-state index >= 15 is 0 Å². The summed E-state index contributed by atoms with van der Waals surface area (Å²) in [6.07, 6.45) is 17.1. The second-order valence-electron chi connectivity index (χ2n) is 10.4. The predicted octanol–water partition coefficient (Wildman–Crippen LogP) is 7.33. The maximum absolute atomic E-state index is 4.27. The maximum Gasteiger partial charge on any atom is -0.00790 e. The molecule has 25 heavy (non-hydrogen) atoms. The highest BCUT2D eigenvalue weighted by Crippen LogP contribution is 2.67. The molecule has 4 aliphatic rings. The molecule has 4 aliphatic carbocycles. The largest absolute Gasteiger partial charge is 0.103 e. The summed E-state index contributed by atoms with van der Waals surface area (Å²) in [4.78, 5) is 0. The molecule has 0 radical (unpaired) electrons. The van der Waals surface area contributed by atoms with Crippen LogP contribution >= 0.6 is 0 Å². The topological polar surface area (TPSA) is 0 Å². The molecule has 0 bridgehead atoms. The molecule has 0 aliphatic heterocycles. The van der Waals surface area contributed by atoms with E-state index < -0.39 is 0 Å². The standard InChI is InChI=1S/C25H38/c1-6-7-18(3)21-10-11-22-20-9-8-19-16-17(2)12-14-24(19,4)23(20)13-15-25(21,22)5/h6,16,18,20-23H,1-2,7-15H2,3-5H3. The van der Waals surface area contributed by atoms with Crippen molar-refractivity contribution in [2.24, 2.45) is 40.4 Å². The number of hydrogen-bond donors (Lipinski definition) is 0. The molecule has 0 N–H and O–H groups in total. The lowest BCUT2D eigenvalue weighted by molar-refractivity contribution is -0.0572. The molecule has 0 aromatic rings. The molecule has 3 saturated carbocycles. The van der Waals surface area contributed by atoms with Crippen LogP contribution in [0.25, 0.3) is 0 Å². The van der Waals surface area contributed by atoms with Gasteiger partial charge in [0.05, 0.1) is 0 Å². The second-order valence-corrected chi connectivity index (χ2v) is 10.4. The number of rotatable bonds is 3. The normalized spacial score (nSPS) is 47.3. The summed E-state index contributed by atoms with van der Waals surface area (Å²) in [6.45, 7) is 16.0. The minimum absolute atomic E-state index is 0.482. The van der Waals surface area contributed by atoms with Crippen molar-refractivity contribution in [3.05, 3.63) is 36.5 Å². The van der Waals surface area contributed by atoms with Crippen molar-refractivity contribution < 1.29 is 0 Å². The Hall–Kier alpha value is -0.780. The van der Waals surface area contributed by atoms with Crippen molar-refractivity contribution >= 4 is 0 Å². The van der Waals surface area contributed by atoms with Gasteiger partial charge in [0.2, 0.25) is 0 Å². The highest BCUT2D eigenvalue weighted by atomic mass is 14.6. The van der Waals surface area contributed by atoms with E-state index in [1.807, 2.05) is 0 Å². The van der Waals surface area contributed by atoms with Gasteiger partial charge in [-0.3, -0.25) is 0 Å². The molecule has 0 spiro atoms. The average Bonchev–Trinajstić information content (AvgIpc) is 2.93. The molecule has 0 aromatic carbocycles. The molecule has 7 atom stereocenters. The highest BCUT2D eigenvalue weighted by molar-refractivity contribution is 5.33. The van der Waals surface area contributed by atoms with E-state index in [0.717, 1.165) is 29.6 Å². The van der Waals surface area contributed by atoms with Crippen LogP contribution in [0.1, 0.15) is 78.6 Å². The smallest absolute Gasteiger partial charge is 0.00790 e. The first kappa shape index (κ1) is 17.6. The molecule has 0 saturated heterocycles. The third-order valence-corrected chi connectivity index (χ3v) is 9.38. The van der Waals surface area contributed by atoms with Crippen molar-refractivity contribution in [3.63, 3.8) is 0 Å². The molecule has 0 nitrogen and oxygen atoms in total. The zero-order valence-electron chi connectivity index (χ0n) is 16.8. The van der Waals surface area contributed by atoms with Gasteiger partial charge in [0.25, 0.3) is 0 Å². The molecule has 0 heteroatoms. The van der Waals surface area contributed by atoms with Crippen LogP contribution in [-0.4, -0.2) is 0 Å². The van der Waals surface area contributed by atoms with Gasteiger partial charge in [-0.2, -0.15) is 0 Å². The first-order valence-corrected chi connectivity index (χ1v) is 10.9. The van der Waals surface area contributed by atoms with Gasteiger partial charge in [-0.1, -0.05) is 50.6 Å². The Kier molecular flexibility index (Phi) is 4.33. The van der Waals surface area contributed by atoms with E-state index in [-0.39, 0.29) is 0 Å². The van der Waals surface area contributed by atoms with E-state index in [4.69, 9.17) is 0 Å². The fourth-order valence-corrected chi connectivity index (χ4v) is 8.05. The summed E-state index contributed by atoms with van der Waals surface area (Å²) in [7, 11) is 0. The fraction of sp³-hybridized carbons (Fsp3) is 0.760. The molecule has 7 unspecified atom stereocenters. The van der Waals surface area contributed by atoms with Crippen molar-refractivity contribution in [2.45, 2.75) is 78.6 Å². The summed E-state index contributed by atoms with van der Waals surface area (Å²) < 4.78 is 0. The number of hydrogen-bond acceptors (Lipinski definition) is 0. The zero-order valence-corrected chi connectivity index (χ0v) is 16.8. The van der Waals surface area contributed by atoms with E-state index in [0.29, 0.717) is 10.8 Å². The maximum atomic E-state index is 4.27. The minimum atomic E-state index is 0.482. The lowest BCUT2D eigenvalue weighted by atomic mass is 9.46. The second kappa shape index (κ2) is 6.14. The average molecular weight is 339 g/mol. The highest BCUT2D eigenvalue weighted by Gasteiger charge is 2.59. The summed E-state index contributed by atoms with van der Waals surface area (Å²) in [5, 5.41) is 0. The van der Waals surface area contributed by atoms with E-state index in [1.165, 1.54) is 63.4 Å². The van der Waals surface area contributed by atoms with Crippen LogP contribution in [0.5, 0.6) is 0 Å². The SMILES string of the molecule is C=CCC(C)C1CCC2C3CCC4=CC(=C)CCC4(C)C3CCC12C. The Morgan fingerprint density at radius 1 is 1.12 bits per heavy atom. The minimum Gasteiger partial charge on any atom is -0.103 e. The van der Waals surface area contributed by atoms with Gasteiger partial charge >= 0.3 is 0 Å². The van der Waals surface area contributed by atoms with Crippen molar-refractivity contribution in [1.29, 1.82) is 0 Å². The van der Waals surface area contributed by atoms with Crippen LogP contribution in [-0.2, 0) is 0 Å². The fourth-order valence-electron chi connectivity index (χ4n) is 8.05. The van der Waals surface area contributed by atoms with Gasteiger partial charge in [-0.15, -0.1) is 6.58 Å². The van der Waals surface area contributed by atoms with Crippen LogP contribution in [0.2, 0.25) is 0 Å². The van der Waals surface area contributed by atoms with Gasteiger partial charge in [0, 0.05) is 0 Å². The van der Waals surface area contributed by atoms with Gasteiger partial charge in [0.15, 0.2) is 0 Å². The van der Waals surface area contributed by atoms with Gasteiger partial charge in [0.1, 0.15) is 0 Å². The lowest BCUT2D eigenvalue weighted by Gasteiger charge is -2.58. The summed E-state index contributed by atoms with van der Waals surface area (Å²) in [5.41, 5.74) is 4.21. The monoisotopic (exact) mass is 338 g/mol. The Morgan fingerprint density at radius 3 is 2.68 bits per heavy atom. The molecular formula is C25H38. The van der Waals surface area contributed by atoms with E-state index in [1.54, 1.807) is 5.57 Å². The molecule has 0 amide bonds. The van der Waals surface area contributed by atoms with Crippen LogP contribution in [0.3, 0.4) is 0 Å². The van der Waals surface area contributed by atoms with Crippen molar-refractivity contribution in [3.8, 4) is 0 Å². The molecular weight excluding hydrogens is 300 g/mol. The van der Waals surface area contributed by atoms with Crippen LogP contribution in [0.15, 0.2) is 36.5 Å². The summed E-state index contributed by atoms with van der Waals surface area (Å²) in [6, 6.07) is 0. The molecule has 4 rings (SSSR count). The number of fused-ring (bicyclic) bond motifs is 5. The predicted molar refractivity (Wildman–Crippen MR) is 108 cm³/mol. The Bertz CT molecular complexity index is 595. The quantitative estimate of drug-likeness (QED) is 0.472. The van der Waals surface area contributed by atoms with E-state index in [9.17, 15) is 0 Å².